The zero-order valence-electron chi connectivity index (χ0n) is 43.8. The van der Waals surface area contributed by atoms with E-state index in [1.165, 1.54) is 0 Å². The number of carbonyl (C=O) groups is 7. The van der Waals surface area contributed by atoms with Crippen LogP contribution in [-0.4, -0.2) is 176 Å². The van der Waals surface area contributed by atoms with Crippen molar-refractivity contribution in [1.29, 1.82) is 0 Å². The molecule has 1 aliphatic rings. The van der Waals surface area contributed by atoms with Gasteiger partial charge in [0.1, 0.15) is 12.7 Å². The van der Waals surface area contributed by atoms with Gasteiger partial charge in [0.2, 0.25) is 23.9 Å². The van der Waals surface area contributed by atoms with Crippen LogP contribution < -0.4 is 9.47 Å². The average Bonchev–Trinajstić information content (AvgIpc) is 1.81. The molecule has 34 nitrogen and oxygen atoms in total. The summed E-state index contributed by atoms with van der Waals surface area (Å²) in [5, 5.41) is 194. The van der Waals surface area contributed by atoms with Gasteiger partial charge in [-0.15, -0.1) is 0 Å². The Balaban J connectivity index is 1.29. The highest BCUT2D eigenvalue weighted by molar-refractivity contribution is 5.97. The van der Waals surface area contributed by atoms with E-state index in [-0.39, 0.29) is 0 Å². The smallest absolute Gasteiger partial charge is 0.343 e. The van der Waals surface area contributed by atoms with Crippen molar-refractivity contribution in [3.8, 4) is 121 Å². The molecule has 7 aromatic rings. The number of hydrogen-bond donors (Lipinski definition) is 19. The molecule has 0 aliphatic carbocycles. The average molecular weight is 1240 g/mol. The normalized spacial score (nSPS) is 16.0. The van der Waals surface area contributed by atoms with Gasteiger partial charge in [-0.3, -0.25) is 0 Å². The molecular formula is C55H40O34. The highest BCUT2D eigenvalue weighted by Crippen LogP contribution is 2.44. The Morgan fingerprint density at radius 2 is 0.517 bits per heavy atom. The molecule has 0 radical (unpaired) electrons. The quantitative estimate of drug-likeness (QED) is 0.0304. The van der Waals surface area contributed by atoms with Crippen LogP contribution in [-0.2, 0) is 28.4 Å². The molecule has 1 saturated heterocycles. The van der Waals surface area contributed by atoms with Crippen LogP contribution in [0, 0.1) is 0 Å². The zero-order chi connectivity index (χ0) is 65.4. The van der Waals surface area contributed by atoms with E-state index in [1.807, 2.05) is 0 Å². The maximum absolute atomic E-state index is 14.7. The summed E-state index contributed by atoms with van der Waals surface area (Å²) in [6.07, 6.45) is -13.4. The van der Waals surface area contributed by atoms with E-state index in [9.17, 15) is 131 Å². The van der Waals surface area contributed by atoms with Crippen LogP contribution in [0.5, 0.6) is 121 Å². The van der Waals surface area contributed by atoms with E-state index in [4.69, 9.17) is 37.9 Å². The summed E-state index contributed by atoms with van der Waals surface area (Å²) in [6, 6.07) is 6.99. The van der Waals surface area contributed by atoms with Crippen molar-refractivity contribution < 1.29 is 168 Å². The molecule has 1 aliphatic heterocycles. The third kappa shape index (κ3) is 12.9. The Kier molecular flexibility index (Phi) is 16.9. The van der Waals surface area contributed by atoms with Crippen LogP contribution in [0.25, 0.3) is 0 Å². The Morgan fingerprint density at radius 1 is 0.281 bits per heavy atom. The molecule has 89 heavy (non-hydrogen) atoms. The number of aromatic hydroxyl groups is 19. The monoisotopic (exact) mass is 1240 g/mol. The van der Waals surface area contributed by atoms with Crippen LogP contribution in [0.2, 0.25) is 0 Å². The minimum atomic E-state index is -2.81. The number of phenols is 19. The van der Waals surface area contributed by atoms with Gasteiger partial charge in [0.25, 0.3) is 0 Å². The first-order valence-corrected chi connectivity index (χ1v) is 24.3. The van der Waals surface area contributed by atoms with E-state index in [1.54, 1.807) is 0 Å². The molecule has 19 N–H and O–H groups in total. The summed E-state index contributed by atoms with van der Waals surface area (Å²) >= 11 is 0. The van der Waals surface area contributed by atoms with E-state index in [0.29, 0.717) is 84.9 Å². The molecule has 0 spiro atoms. The maximum Gasteiger partial charge on any atom is 0.343 e. The zero-order valence-corrected chi connectivity index (χ0v) is 43.8. The number of ether oxygens (including phenoxy) is 8. The van der Waals surface area contributed by atoms with Crippen LogP contribution in [0.3, 0.4) is 0 Å². The Labute approximate surface area is 491 Å². The van der Waals surface area contributed by atoms with Crippen LogP contribution in [0.4, 0.5) is 0 Å². The van der Waals surface area contributed by atoms with Gasteiger partial charge in [0, 0.05) is 0 Å². The highest BCUT2D eigenvalue weighted by Gasteiger charge is 2.55. The fourth-order valence-electron chi connectivity index (χ4n) is 8.00. The first kappa shape index (κ1) is 62.0. The van der Waals surface area contributed by atoms with E-state index < -0.39 is 239 Å². The van der Waals surface area contributed by atoms with E-state index >= 15 is 0 Å². The summed E-state index contributed by atoms with van der Waals surface area (Å²) < 4.78 is 44.0. The van der Waals surface area contributed by atoms with Crippen molar-refractivity contribution >= 4 is 41.8 Å². The lowest BCUT2D eigenvalue weighted by Crippen LogP contribution is -2.63. The van der Waals surface area contributed by atoms with Gasteiger partial charge in [-0.1, -0.05) is 0 Å². The van der Waals surface area contributed by atoms with E-state index in [2.05, 4.69) is 0 Å². The maximum atomic E-state index is 14.7. The molecule has 34 heteroatoms. The van der Waals surface area contributed by atoms with Gasteiger partial charge in [-0.2, -0.15) is 0 Å². The summed E-state index contributed by atoms with van der Waals surface area (Å²) in [6.45, 7) is -1.41. The second-order valence-corrected chi connectivity index (χ2v) is 18.4. The molecule has 8 rings (SSSR count). The van der Waals surface area contributed by atoms with Crippen LogP contribution in [0.15, 0.2) is 84.9 Å². The van der Waals surface area contributed by atoms with Crippen molar-refractivity contribution in [1.82, 2.24) is 0 Å². The number of carbonyl (C=O) groups excluding carboxylic acids is 7. The van der Waals surface area contributed by atoms with Gasteiger partial charge < -0.3 is 135 Å². The molecule has 5 unspecified atom stereocenters. The van der Waals surface area contributed by atoms with Crippen molar-refractivity contribution in [3.63, 3.8) is 0 Å². The lowest BCUT2D eigenvalue weighted by molar-refractivity contribution is -0.282. The minimum Gasteiger partial charge on any atom is -0.504 e. The second-order valence-electron chi connectivity index (χ2n) is 18.4. The largest absolute Gasteiger partial charge is 0.504 e. The molecular weight excluding hydrogens is 1200 g/mol. The van der Waals surface area contributed by atoms with Crippen molar-refractivity contribution in [2.24, 2.45) is 0 Å². The van der Waals surface area contributed by atoms with Crippen LogP contribution >= 0.6 is 0 Å². The fraction of sp³-hybridized carbons (Fsp3) is 0.109. The number of benzene rings is 7. The number of rotatable bonds is 15. The summed E-state index contributed by atoms with van der Waals surface area (Å²) in [7, 11) is 0. The van der Waals surface area contributed by atoms with Gasteiger partial charge in [0.05, 0.1) is 38.9 Å². The fourth-order valence-corrected chi connectivity index (χ4v) is 8.00. The predicted molar refractivity (Wildman–Crippen MR) is 279 cm³/mol. The molecule has 464 valence electrons. The molecule has 0 bridgehead atoms. The topological polar surface area (TPSA) is 578 Å². The van der Waals surface area contributed by atoms with Crippen molar-refractivity contribution in [2.75, 3.05) is 6.61 Å². The van der Waals surface area contributed by atoms with Gasteiger partial charge in [-0.05, 0) is 84.9 Å². The first-order valence-electron chi connectivity index (χ1n) is 24.3. The Morgan fingerprint density at radius 3 is 0.831 bits per heavy atom. The first-order chi connectivity index (χ1) is 41.8. The van der Waals surface area contributed by atoms with Gasteiger partial charge in [-0.25, -0.2) is 33.6 Å². The summed E-state index contributed by atoms with van der Waals surface area (Å²) in [5.41, 5.74) is -6.13. The third-order valence-corrected chi connectivity index (χ3v) is 12.4. The summed E-state index contributed by atoms with van der Waals surface area (Å²) in [5.74, 6) is -36.5. The van der Waals surface area contributed by atoms with Gasteiger partial charge >= 0.3 is 41.8 Å². The second kappa shape index (κ2) is 24.3. The molecule has 7 aromatic carbocycles. The number of esters is 7. The summed E-state index contributed by atoms with van der Waals surface area (Å²) in [4.78, 5) is 97.6. The van der Waals surface area contributed by atoms with Crippen LogP contribution in [0.1, 0.15) is 72.5 Å². The highest BCUT2D eigenvalue weighted by atomic mass is 16.7. The predicted octanol–water partition coefficient (Wildman–Crippen LogP) is 2.95. The third-order valence-electron chi connectivity index (χ3n) is 12.4. The van der Waals surface area contributed by atoms with Crippen molar-refractivity contribution in [2.45, 2.75) is 30.7 Å². The number of hydrogen-bond acceptors (Lipinski definition) is 34. The molecule has 1 fully saturated rings. The molecule has 0 aromatic heterocycles. The minimum absolute atomic E-state index is 0.405. The Bertz CT molecular complexity index is 3980. The van der Waals surface area contributed by atoms with Gasteiger partial charge in [0.15, 0.2) is 121 Å². The lowest BCUT2D eigenvalue weighted by atomic mass is 9.97. The molecule has 5 atom stereocenters. The number of phenolic OH excluding ortho intramolecular Hbond substituents is 19. The molecule has 0 saturated carbocycles. The molecule has 1 heterocycles. The Hall–Kier alpha value is -13.0. The van der Waals surface area contributed by atoms with E-state index in [0.717, 1.165) is 0 Å². The lowest BCUT2D eigenvalue weighted by Gasteiger charge is -2.43. The van der Waals surface area contributed by atoms with Crippen molar-refractivity contribution in [3.05, 3.63) is 124 Å². The molecule has 0 amide bonds. The standard InChI is InChI=1S/C55H40O34/c56-23-1-16(2-24(57)38(23)68)48(75)82-15-37-45(86-51(78)19-7-29(62)41(71)30(63)8-19)46(87-52(79)21-11-33(66)43(73)35(13-21)83-49(76)17-3-25(58)39(69)26(59)4-17)47(55(85-37)89-54(81)20-9-31(64)42(72)32(65)10-20)88-53(80)22-12-34(67)44(74)36(14-22)84-50(77)18-5-27(60)40(70)28(61)6-18/h1-14,37,45-47,55-74H,15H2. The SMILES string of the molecule is O=C(OCC1OC(OC(=O)c2cc(O)c(O)c(O)c2)C(OC(=O)c2cc(O)c(O)c(OC(=O)c3cc(O)c(O)c(O)c3)c2)C(OC(=O)c2cc(O)c(O)c(OC(=O)c3cc(O)c(O)c(O)c3)c2)C1OC(=O)c1cc(O)c(O)c(O)c1)c1cc(O)c(O)c(O)c1.